The largest absolute Gasteiger partial charge is 0.347 e. The Morgan fingerprint density at radius 2 is 1.90 bits per heavy atom. The molecule has 0 atom stereocenters. The maximum atomic E-state index is 12.3. The van der Waals surface area contributed by atoms with Crippen LogP contribution < -0.4 is 5.32 Å². The number of benzene rings is 1. The van der Waals surface area contributed by atoms with Crippen LogP contribution in [0.4, 0.5) is 0 Å². The van der Waals surface area contributed by atoms with Crippen molar-refractivity contribution in [3.8, 4) is 0 Å². The smallest absolute Gasteiger partial charge is 0.263 e. The highest BCUT2D eigenvalue weighted by Gasteiger charge is 2.15. The molecule has 21 heavy (non-hydrogen) atoms. The lowest BCUT2D eigenvalue weighted by Gasteiger charge is -2.04. The quantitative estimate of drug-likeness (QED) is 0.910. The molecule has 2 rings (SSSR count). The van der Waals surface area contributed by atoms with Gasteiger partial charge in [-0.3, -0.25) is 4.79 Å². The molecule has 0 fully saturated rings. The first kappa shape index (κ1) is 15.7. The molecule has 0 saturated carbocycles. The van der Waals surface area contributed by atoms with Crippen LogP contribution in [0.2, 0.25) is 0 Å². The van der Waals surface area contributed by atoms with Crippen molar-refractivity contribution >= 4 is 17.2 Å². The Morgan fingerprint density at radius 3 is 2.52 bits per heavy atom. The second-order valence-electron chi connectivity index (χ2n) is 5.79. The van der Waals surface area contributed by atoms with Gasteiger partial charge in [0, 0.05) is 13.0 Å². The van der Waals surface area contributed by atoms with Gasteiger partial charge in [-0.05, 0) is 25.3 Å². The van der Waals surface area contributed by atoms with Gasteiger partial charge in [-0.15, -0.1) is 11.3 Å². The fourth-order valence-corrected chi connectivity index (χ4v) is 3.26. The van der Waals surface area contributed by atoms with Crippen LogP contribution in [0, 0.1) is 19.8 Å². The van der Waals surface area contributed by atoms with Crippen molar-refractivity contribution in [2.75, 3.05) is 0 Å². The number of aromatic nitrogens is 1. The van der Waals surface area contributed by atoms with Gasteiger partial charge in [0.1, 0.15) is 4.88 Å². The second kappa shape index (κ2) is 6.85. The average Bonchev–Trinajstić information content (AvgIpc) is 2.77. The summed E-state index contributed by atoms with van der Waals surface area (Å²) in [5, 5.41) is 4.02. The second-order valence-corrected chi connectivity index (χ2v) is 6.87. The van der Waals surface area contributed by atoms with Crippen molar-refractivity contribution in [1.82, 2.24) is 10.3 Å². The number of amides is 1. The summed E-state index contributed by atoms with van der Waals surface area (Å²) in [6.45, 7) is 8.83. The molecule has 0 aliphatic carbocycles. The predicted octanol–water partition coefficient (Wildman–Crippen LogP) is 3.89. The van der Waals surface area contributed by atoms with Crippen LogP contribution in [0.15, 0.2) is 24.3 Å². The number of nitrogens with one attached hydrogen (secondary N) is 1. The molecule has 0 unspecified atom stereocenters. The summed E-state index contributed by atoms with van der Waals surface area (Å²) < 4.78 is 0. The summed E-state index contributed by atoms with van der Waals surface area (Å²) in [4.78, 5) is 17.5. The van der Waals surface area contributed by atoms with Gasteiger partial charge in [0.15, 0.2) is 0 Å². The van der Waals surface area contributed by atoms with E-state index in [9.17, 15) is 4.79 Å². The minimum atomic E-state index is -0.0272. The van der Waals surface area contributed by atoms with Crippen LogP contribution in [0.3, 0.4) is 0 Å². The highest BCUT2D eigenvalue weighted by Crippen LogP contribution is 2.20. The molecule has 0 aliphatic heterocycles. The van der Waals surface area contributed by atoms with E-state index in [2.05, 4.69) is 43.2 Å². The van der Waals surface area contributed by atoms with E-state index in [4.69, 9.17) is 0 Å². The maximum Gasteiger partial charge on any atom is 0.263 e. The Morgan fingerprint density at radius 1 is 1.24 bits per heavy atom. The SMILES string of the molecule is Cc1ccc(CNC(=O)c2sc(CC(C)C)nc2C)cc1. The van der Waals surface area contributed by atoms with Crippen LogP contribution in [0.25, 0.3) is 0 Å². The molecule has 2 aromatic rings. The summed E-state index contributed by atoms with van der Waals surface area (Å²) in [5.74, 6) is 0.527. The third-order valence-electron chi connectivity index (χ3n) is 3.20. The molecule has 4 heteroatoms. The third-order valence-corrected chi connectivity index (χ3v) is 4.38. The van der Waals surface area contributed by atoms with Gasteiger partial charge in [-0.25, -0.2) is 4.98 Å². The lowest BCUT2D eigenvalue weighted by atomic mass is 10.1. The van der Waals surface area contributed by atoms with E-state index < -0.39 is 0 Å². The zero-order valence-electron chi connectivity index (χ0n) is 13.1. The molecule has 1 aromatic carbocycles. The van der Waals surface area contributed by atoms with Crippen molar-refractivity contribution in [2.24, 2.45) is 5.92 Å². The lowest BCUT2D eigenvalue weighted by Crippen LogP contribution is -2.22. The molecule has 0 aliphatic rings. The highest BCUT2D eigenvalue weighted by molar-refractivity contribution is 7.13. The molecule has 0 spiro atoms. The molecule has 1 heterocycles. The van der Waals surface area contributed by atoms with Gasteiger partial charge in [-0.1, -0.05) is 43.7 Å². The number of thiazole rings is 1. The summed E-state index contributed by atoms with van der Waals surface area (Å²) in [6.07, 6.45) is 0.927. The number of carbonyl (C=O) groups excluding carboxylic acids is 1. The molecule has 0 bridgehead atoms. The van der Waals surface area contributed by atoms with E-state index in [1.54, 1.807) is 0 Å². The minimum Gasteiger partial charge on any atom is -0.347 e. The molecule has 1 amide bonds. The zero-order chi connectivity index (χ0) is 15.4. The molecular formula is C17H22N2OS. The van der Waals surface area contributed by atoms with E-state index in [-0.39, 0.29) is 5.91 Å². The molecule has 0 radical (unpaired) electrons. The highest BCUT2D eigenvalue weighted by atomic mass is 32.1. The minimum absolute atomic E-state index is 0.0272. The summed E-state index contributed by atoms with van der Waals surface area (Å²) >= 11 is 1.51. The molecule has 0 saturated heterocycles. The molecule has 1 aromatic heterocycles. The van der Waals surface area contributed by atoms with E-state index in [0.717, 1.165) is 27.6 Å². The van der Waals surface area contributed by atoms with Crippen molar-refractivity contribution in [2.45, 2.75) is 40.7 Å². The maximum absolute atomic E-state index is 12.3. The third kappa shape index (κ3) is 4.39. The number of hydrogen-bond acceptors (Lipinski definition) is 3. The van der Waals surface area contributed by atoms with Crippen molar-refractivity contribution in [1.29, 1.82) is 0 Å². The van der Waals surface area contributed by atoms with E-state index in [1.165, 1.54) is 16.9 Å². The lowest BCUT2D eigenvalue weighted by molar-refractivity contribution is 0.0954. The Hall–Kier alpha value is -1.68. The summed E-state index contributed by atoms with van der Waals surface area (Å²) in [5.41, 5.74) is 3.16. The fraction of sp³-hybridized carbons (Fsp3) is 0.412. The summed E-state index contributed by atoms with van der Waals surface area (Å²) in [7, 11) is 0. The van der Waals surface area contributed by atoms with Crippen LogP contribution in [-0.4, -0.2) is 10.9 Å². The van der Waals surface area contributed by atoms with Gasteiger partial charge in [-0.2, -0.15) is 0 Å². The van der Waals surface area contributed by atoms with E-state index >= 15 is 0 Å². The van der Waals surface area contributed by atoms with E-state index in [1.807, 2.05) is 19.1 Å². The van der Waals surface area contributed by atoms with Gasteiger partial charge in [0.05, 0.1) is 10.7 Å². The van der Waals surface area contributed by atoms with Crippen LogP contribution in [0.1, 0.15) is 45.3 Å². The van der Waals surface area contributed by atoms with Crippen molar-refractivity contribution in [3.63, 3.8) is 0 Å². The van der Waals surface area contributed by atoms with Gasteiger partial charge in [0.25, 0.3) is 5.91 Å². The Kier molecular flexibility index (Phi) is 5.12. The first-order chi connectivity index (χ1) is 9.95. The van der Waals surface area contributed by atoms with Crippen LogP contribution in [-0.2, 0) is 13.0 Å². The van der Waals surface area contributed by atoms with Crippen molar-refractivity contribution < 1.29 is 4.79 Å². The molecule has 3 nitrogen and oxygen atoms in total. The normalized spacial score (nSPS) is 10.9. The molecular weight excluding hydrogens is 280 g/mol. The standard InChI is InChI=1S/C17H22N2OS/c1-11(2)9-15-19-13(4)16(21-15)17(20)18-10-14-7-5-12(3)6-8-14/h5-8,11H,9-10H2,1-4H3,(H,18,20). The first-order valence-electron chi connectivity index (χ1n) is 7.25. The monoisotopic (exact) mass is 302 g/mol. The number of rotatable bonds is 5. The number of carbonyl (C=O) groups is 1. The van der Waals surface area contributed by atoms with Gasteiger partial charge in [0.2, 0.25) is 0 Å². The Balaban J connectivity index is 2.00. The average molecular weight is 302 g/mol. The predicted molar refractivity (Wildman–Crippen MR) is 87.7 cm³/mol. The van der Waals surface area contributed by atoms with Gasteiger partial charge < -0.3 is 5.32 Å². The summed E-state index contributed by atoms with van der Waals surface area (Å²) in [6, 6.07) is 8.19. The molecule has 112 valence electrons. The van der Waals surface area contributed by atoms with Gasteiger partial charge >= 0.3 is 0 Å². The topological polar surface area (TPSA) is 42.0 Å². The van der Waals surface area contributed by atoms with Crippen LogP contribution in [0.5, 0.6) is 0 Å². The first-order valence-corrected chi connectivity index (χ1v) is 8.07. The molecule has 1 N–H and O–H groups in total. The zero-order valence-corrected chi connectivity index (χ0v) is 13.9. The number of nitrogens with zero attached hydrogens (tertiary/aromatic N) is 1. The van der Waals surface area contributed by atoms with Crippen molar-refractivity contribution in [3.05, 3.63) is 51.0 Å². The van der Waals surface area contributed by atoms with E-state index in [0.29, 0.717) is 12.5 Å². The Labute approximate surface area is 130 Å². The number of hydrogen-bond donors (Lipinski definition) is 1. The number of aryl methyl sites for hydroxylation is 2. The fourth-order valence-electron chi connectivity index (χ4n) is 2.07. The van der Waals surface area contributed by atoms with Crippen LogP contribution >= 0.6 is 11.3 Å². The Bertz CT molecular complexity index is 614.